The van der Waals surface area contributed by atoms with E-state index in [4.69, 9.17) is 11.6 Å². The Balaban J connectivity index is 2.81. The van der Waals surface area contributed by atoms with Gasteiger partial charge in [0.1, 0.15) is 4.90 Å². The van der Waals surface area contributed by atoms with Crippen LogP contribution in [0.4, 0.5) is 0 Å². The van der Waals surface area contributed by atoms with Gasteiger partial charge in [0.2, 0.25) is 10.0 Å². The standard InChI is InChI=1S/C9H10ClNO2S/c1-6-3-4-7-5-11(2)14(12,13)9(7)8(6)10/h3-4H,5H2,1-2H3. The van der Waals surface area contributed by atoms with Crippen molar-refractivity contribution in [2.75, 3.05) is 7.05 Å². The molecule has 0 saturated heterocycles. The molecule has 1 heterocycles. The molecular formula is C9H10ClNO2S. The zero-order valence-corrected chi connectivity index (χ0v) is 9.48. The molecule has 0 aliphatic carbocycles. The van der Waals surface area contributed by atoms with Gasteiger partial charge in [0.05, 0.1) is 5.02 Å². The summed E-state index contributed by atoms with van der Waals surface area (Å²) in [6, 6.07) is 3.66. The van der Waals surface area contributed by atoms with Crippen LogP contribution in [0.15, 0.2) is 17.0 Å². The normalized spacial score (nSPS) is 19.6. The van der Waals surface area contributed by atoms with Crippen LogP contribution in [0.1, 0.15) is 11.1 Å². The second-order valence-electron chi connectivity index (χ2n) is 3.45. The predicted molar refractivity (Wildman–Crippen MR) is 54.8 cm³/mol. The maximum atomic E-state index is 11.8. The van der Waals surface area contributed by atoms with Crippen molar-refractivity contribution in [2.45, 2.75) is 18.4 Å². The molecule has 0 saturated carbocycles. The summed E-state index contributed by atoms with van der Waals surface area (Å²) in [6.45, 7) is 2.22. The molecule has 0 amide bonds. The van der Waals surface area contributed by atoms with Gasteiger partial charge in [0, 0.05) is 13.6 Å². The number of sulfonamides is 1. The van der Waals surface area contributed by atoms with Gasteiger partial charge in [-0.25, -0.2) is 8.42 Å². The number of nitrogens with zero attached hydrogens (tertiary/aromatic N) is 1. The third-order valence-electron chi connectivity index (χ3n) is 2.43. The smallest absolute Gasteiger partial charge is 0.207 e. The van der Waals surface area contributed by atoms with Crippen molar-refractivity contribution in [1.29, 1.82) is 0 Å². The Bertz CT molecular complexity index is 496. The van der Waals surface area contributed by atoms with Crippen LogP contribution in [-0.2, 0) is 16.6 Å². The number of halogens is 1. The Kier molecular flexibility index (Phi) is 2.10. The first-order chi connectivity index (χ1) is 6.44. The van der Waals surface area contributed by atoms with Crippen molar-refractivity contribution in [3.8, 4) is 0 Å². The van der Waals surface area contributed by atoms with Gasteiger partial charge in [-0.1, -0.05) is 23.7 Å². The summed E-state index contributed by atoms with van der Waals surface area (Å²) < 4.78 is 24.9. The summed E-state index contributed by atoms with van der Waals surface area (Å²) in [5.74, 6) is 0. The van der Waals surface area contributed by atoms with E-state index in [0.717, 1.165) is 11.1 Å². The summed E-state index contributed by atoms with van der Waals surface area (Å²) in [4.78, 5) is 0.279. The molecular weight excluding hydrogens is 222 g/mol. The van der Waals surface area contributed by atoms with Crippen molar-refractivity contribution in [3.05, 3.63) is 28.3 Å². The van der Waals surface area contributed by atoms with Crippen molar-refractivity contribution in [1.82, 2.24) is 4.31 Å². The van der Waals surface area contributed by atoms with Crippen LogP contribution < -0.4 is 0 Å². The van der Waals surface area contributed by atoms with Crippen LogP contribution in [0.25, 0.3) is 0 Å². The highest BCUT2D eigenvalue weighted by Crippen LogP contribution is 2.36. The first kappa shape index (κ1) is 9.96. The Labute approximate surface area is 88.3 Å². The second-order valence-corrected chi connectivity index (χ2v) is 5.81. The lowest BCUT2D eigenvalue weighted by atomic mass is 10.1. The van der Waals surface area contributed by atoms with Gasteiger partial charge in [-0.3, -0.25) is 0 Å². The molecule has 0 radical (unpaired) electrons. The van der Waals surface area contributed by atoms with E-state index in [-0.39, 0.29) is 4.90 Å². The Morgan fingerprint density at radius 2 is 2.07 bits per heavy atom. The molecule has 2 rings (SSSR count). The summed E-state index contributed by atoms with van der Waals surface area (Å²) in [6.07, 6.45) is 0. The van der Waals surface area contributed by atoms with Gasteiger partial charge in [0.15, 0.2) is 0 Å². The van der Waals surface area contributed by atoms with Gasteiger partial charge in [-0.15, -0.1) is 0 Å². The van der Waals surface area contributed by atoms with Crippen molar-refractivity contribution < 1.29 is 8.42 Å². The Hall–Kier alpha value is -0.580. The first-order valence-corrected chi connectivity index (χ1v) is 6.00. The van der Waals surface area contributed by atoms with Crippen LogP contribution in [0.2, 0.25) is 5.02 Å². The zero-order chi connectivity index (χ0) is 10.5. The molecule has 14 heavy (non-hydrogen) atoms. The fourth-order valence-electron chi connectivity index (χ4n) is 1.58. The summed E-state index contributed by atoms with van der Waals surface area (Å²) in [7, 11) is -1.78. The van der Waals surface area contributed by atoms with E-state index < -0.39 is 10.0 Å². The van der Waals surface area contributed by atoms with Crippen molar-refractivity contribution >= 4 is 21.6 Å². The minimum atomic E-state index is -3.34. The molecule has 0 atom stereocenters. The second kappa shape index (κ2) is 2.95. The van der Waals surface area contributed by atoms with E-state index in [1.807, 2.05) is 12.1 Å². The lowest BCUT2D eigenvalue weighted by molar-refractivity contribution is 0.488. The SMILES string of the molecule is Cc1ccc2c(c1Cl)S(=O)(=O)N(C)C2. The van der Waals surface area contributed by atoms with Crippen LogP contribution in [0, 0.1) is 6.92 Å². The number of rotatable bonds is 0. The largest absolute Gasteiger partial charge is 0.244 e. The minimum Gasteiger partial charge on any atom is -0.207 e. The maximum absolute atomic E-state index is 11.8. The molecule has 3 nitrogen and oxygen atoms in total. The van der Waals surface area contributed by atoms with Crippen LogP contribution >= 0.6 is 11.6 Å². The molecule has 0 spiro atoms. The lowest BCUT2D eigenvalue weighted by Crippen LogP contribution is -2.18. The third kappa shape index (κ3) is 1.18. The monoisotopic (exact) mass is 231 g/mol. The number of fused-ring (bicyclic) bond motifs is 1. The van der Waals surface area contributed by atoms with Crippen LogP contribution in [-0.4, -0.2) is 19.8 Å². The topological polar surface area (TPSA) is 37.4 Å². The van der Waals surface area contributed by atoms with Gasteiger partial charge >= 0.3 is 0 Å². The lowest BCUT2D eigenvalue weighted by Gasteiger charge is -2.06. The number of aryl methyl sites for hydroxylation is 1. The molecule has 0 aromatic heterocycles. The highest BCUT2D eigenvalue weighted by Gasteiger charge is 2.34. The van der Waals surface area contributed by atoms with Crippen LogP contribution in [0.3, 0.4) is 0 Å². The average molecular weight is 232 g/mol. The van der Waals surface area contributed by atoms with E-state index in [1.54, 1.807) is 14.0 Å². The molecule has 1 aromatic carbocycles. The van der Waals surface area contributed by atoms with E-state index in [1.165, 1.54) is 4.31 Å². The highest BCUT2D eigenvalue weighted by molar-refractivity contribution is 7.89. The summed E-state index contributed by atoms with van der Waals surface area (Å²) in [5.41, 5.74) is 1.58. The highest BCUT2D eigenvalue weighted by atomic mass is 35.5. The molecule has 1 aliphatic heterocycles. The van der Waals surface area contributed by atoms with E-state index in [2.05, 4.69) is 0 Å². The average Bonchev–Trinajstić information content (AvgIpc) is 2.32. The number of benzene rings is 1. The Morgan fingerprint density at radius 3 is 2.71 bits per heavy atom. The molecule has 1 aromatic rings. The third-order valence-corrected chi connectivity index (χ3v) is 4.96. The van der Waals surface area contributed by atoms with E-state index in [0.29, 0.717) is 11.6 Å². The van der Waals surface area contributed by atoms with E-state index in [9.17, 15) is 8.42 Å². The molecule has 0 fully saturated rings. The fraction of sp³-hybridized carbons (Fsp3) is 0.333. The molecule has 0 unspecified atom stereocenters. The first-order valence-electron chi connectivity index (χ1n) is 4.19. The zero-order valence-electron chi connectivity index (χ0n) is 7.91. The minimum absolute atomic E-state index is 0.279. The predicted octanol–water partition coefficient (Wildman–Crippen LogP) is 1.78. The van der Waals surface area contributed by atoms with E-state index >= 15 is 0 Å². The number of hydrogen-bond acceptors (Lipinski definition) is 2. The quantitative estimate of drug-likeness (QED) is 0.683. The molecule has 0 bridgehead atoms. The maximum Gasteiger partial charge on any atom is 0.244 e. The van der Waals surface area contributed by atoms with Crippen LogP contribution in [0.5, 0.6) is 0 Å². The molecule has 76 valence electrons. The molecule has 1 aliphatic rings. The van der Waals surface area contributed by atoms with Gasteiger partial charge in [-0.2, -0.15) is 4.31 Å². The van der Waals surface area contributed by atoms with Crippen molar-refractivity contribution in [2.24, 2.45) is 0 Å². The van der Waals surface area contributed by atoms with Gasteiger partial charge < -0.3 is 0 Å². The van der Waals surface area contributed by atoms with Crippen molar-refractivity contribution in [3.63, 3.8) is 0 Å². The Morgan fingerprint density at radius 1 is 1.43 bits per heavy atom. The molecule has 5 heteroatoms. The fourth-order valence-corrected chi connectivity index (χ4v) is 3.53. The number of hydrogen-bond donors (Lipinski definition) is 0. The summed E-state index contributed by atoms with van der Waals surface area (Å²) in [5, 5.41) is 0.354. The van der Waals surface area contributed by atoms with Gasteiger partial charge in [-0.05, 0) is 18.1 Å². The van der Waals surface area contributed by atoms with Gasteiger partial charge in [0.25, 0.3) is 0 Å². The summed E-state index contributed by atoms with van der Waals surface area (Å²) >= 11 is 5.98. The molecule has 0 N–H and O–H groups in total.